The molecule has 0 aromatic carbocycles. The fourth-order valence-electron chi connectivity index (χ4n) is 1.61. The number of hydrogen-bond acceptors (Lipinski definition) is 1. The summed E-state index contributed by atoms with van der Waals surface area (Å²) < 4.78 is 7.04. The van der Waals surface area contributed by atoms with Crippen LogP contribution in [0.4, 0.5) is 0 Å². The van der Waals surface area contributed by atoms with Crippen molar-refractivity contribution in [1.29, 1.82) is 0 Å². The van der Waals surface area contributed by atoms with Crippen LogP contribution in [0, 0.1) is 5.92 Å². The van der Waals surface area contributed by atoms with Crippen LogP contribution in [0.2, 0.25) is 19.1 Å². The Kier molecular flexibility index (Phi) is 4.09. The maximum absolute atomic E-state index is 5.76. The number of allylic oxidation sites excluding steroid dienone is 1. The SMILES string of the molecule is C[Si]1(C)CC(CI)CC/C=C\O1. The number of rotatable bonds is 1. The van der Waals surface area contributed by atoms with Crippen LogP contribution in [0.3, 0.4) is 0 Å². The highest BCUT2D eigenvalue weighted by Gasteiger charge is 2.27. The molecule has 70 valence electrons. The van der Waals surface area contributed by atoms with Gasteiger partial charge in [-0.15, -0.1) is 0 Å². The average Bonchev–Trinajstić information content (AvgIpc) is 1.97. The Balaban J connectivity index is 2.56. The normalized spacial score (nSPS) is 31.4. The molecule has 0 aliphatic carbocycles. The summed E-state index contributed by atoms with van der Waals surface area (Å²) >= 11 is 2.50. The van der Waals surface area contributed by atoms with Gasteiger partial charge in [0.05, 0.1) is 6.26 Å². The van der Waals surface area contributed by atoms with Crippen molar-refractivity contribution < 1.29 is 4.43 Å². The van der Waals surface area contributed by atoms with Crippen molar-refractivity contribution in [3.63, 3.8) is 0 Å². The van der Waals surface area contributed by atoms with Gasteiger partial charge < -0.3 is 4.43 Å². The van der Waals surface area contributed by atoms with Crippen LogP contribution < -0.4 is 0 Å². The van der Waals surface area contributed by atoms with Crippen LogP contribution in [0.25, 0.3) is 0 Å². The van der Waals surface area contributed by atoms with Crippen LogP contribution in [-0.4, -0.2) is 12.7 Å². The smallest absolute Gasteiger partial charge is 0.244 e. The van der Waals surface area contributed by atoms with Crippen LogP contribution in [0.15, 0.2) is 12.3 Å². The fourth-order valence-corrected chi connectivity index (χ4v) is 5.25. The zero-order chi connectivity index (χ0) is 9.03. The van der Waals surface area contributed by atoms with E-state index in [9.17, 15) is 0 Å². The van der Waals surface area contributed by atoms with Gasteiger partial charge in [-0.05, 0) is 37.9 Å². The van der Waals surface area contributed by atoms with Crippen molar-refractivity contribution in [2.24, 2.45) is 5.92 Å². The Morgan fingerprint density at radius 1 is 1.58 bits per heavy atom. The number of alkyl halides is 1. The molecule has 1 heterocycles. The van der Waals surface area contributed by atoms with Gasteiger partial charge in [0.25, 0.3) is 0 Å². The molecule has 0 bridgehead atoms. The minimum atomic E-state index is -1.35. The second kappa shape index (κ2) is 4.65. The van der Waals surface area contributed by atoms with Gasteiger partial charge in [0, 0.05) is 4.43 Å². The minimum Gasteiger partial charge on any atom is -0.550 e. The topological polar surface area (TPSA) is 9.23 Å². The van der Waals surface area contributed by atoms with Crippen molar-refractivity contribution in [2.75, 3.05) is 4.43 Å². The van der Waals surface area contributed by atoms with Crippen LogP contribution in [0.1, 0.15) is 12.8 Å². The first-order valence-corrected chi connectivity index (χ1v) is 9.17. The zero-order valence-electron chi connectivity index (χ0n) is 7.85. The lowest BCUT2D eigenvalue weighted by Gasteiger charge is -2.27. The molecule has 1 atom stereocenters. The van der Waals surface area contributed by atoms with Gasteiger partial charge in [-0.25, -0.2) is 0 Å². The van der Waals surface area contributed by atoms with Crippen molar-refractivity contribution in [2.45, 2.75) is 32.0 Å². The van der Waals surface area contributed by atoms with Crippen LogP contribution in [-0.2, 0) is 4.43 Å². The summed E-state index contributed by atoms with van der Waals surface area (Å²) in [5.74, 6) is 0.886. The molecule has 0 aromatic rings. The summed E-state index contributed by atoms with van der Waals surface area (Å²) in [7, 11) is -1.35. The third-order valence-corrected chi connectivity index (χ3v) is 5.80. The van der Waals surface area contributed by atoms with Gasteiger partial charge in [-0.2, -0.15) is 0 Å². The Bertz CT molecular complexity index is 168. The van der Waals surface area contributed by atoms with E-state index in [-0.39, 0.29) is 0 Å². The summed E-state index contributed by atoms with van der Waals surface area (Å²) in [5.41, 5.74) is 0. The maximum Gasteiger partial charge on any atom is 0.244 e. The molecule has 3 heteroatoms. The monoisotopic (exact) mass is 296 g/mol. The second-order valence-corrected chi connectivity index (χ2v) is 9.10. The lowest BCUT2D eigenvalue weighted by Crippen LogP contribution is -2.32. The largest absolute Gasteiger partial charge is 0.550 e. The van der Waals surface area contributed by atoms with E-state index in [1.807, 2.05) is 6.26 Å². The van der Waals surface area contributed by atoms with E-state index in [0.29, 0.717) is 0 Å². The molecule has 1 aliphatic heterocycles. The number of halogens is 1. The Morgan fingerprint density at radius 3 is 3.00 bits per heavy atom. The fraction of sp³-hybridized carbons (Fsp3) is 0.778. The van der Waals surface area contributed by atoms with Crippen molar-refractivity contribution in [3.05, 3.63) is 12.3 Å². The molecule has 1 aliphatic rings. The molecule has 0 fully saturated rings. The Labute approximate surface area is 89.8 Å². The molecule has 0 aromatic heterocycles. The van der Waals surface area contributed by atoms with E-state index < -0.39 is 8.32 Å². The molecule has 12 heavy (non-hydrogen) atoms. The highest BCUT2D eigenvalue weighted by molar-refractivity contribution is 14.1. The minimum absolute atomic E-state index is 0.886. The summed E-state index contributed by atoms with van der Waals surface area (Å²) in [5, 5.41) is 0. The summed E-state index contributed by atoms with van der Waals surface area (Å²) in [6.45, 7) is 4.62. The first-order chi connectivity index (χ1) is 5.64. The maximum atomic E-state index is 5.76. The number of hydrogen-bond donors (Lipinski definition) is 0. The molecule has 0 saturated carbocycles. The summed E-state index contributed by atoms with van der Waals surface area (Å²) in [4.78, 5) is 0. The van der Waals surface area contributed by atoms with Crippen molar-refractivity contribution in [1.82, 2.24) is 0 Å². The van der Waals surface area contributed by atoms with Gasteiger partial charge in [-0.3, -0.25) is 0 Å². The van der Waals surface area contributed by atoms with Crippen molar-refractivity contribution in [3.8, 4) is 0 Å². The molecule has 0 amide bonds. The molecular weight excluding hydrogens is 279 g/mol. The predicted molar refractivity (Wildman–Crippen MR) is 64.1 cm³/mol. The lowest BCUT2D eigenvalue weighted by molar-refractivity contribution is 0.436. The Morgan fingerprint density at radius 2 is 2.33 bits per heavy atom. The summed E-state index contributed by atoms with van der Waals surface area (Å²) in [6.07, 6.45) is 6.64. The third-order valence-electron chi connectivity index (χ3n) is 2.22. The highest BCUT2D eigenvalue weighted by Crippen LogP contribution is 2.26. The van der Waals surface area contributed by atoms with Gasteiger partial charge >= 0.3 is 0 Å². The van der Waals surface area contributed by atoms with E-state index >= 15 is 0 Å². The third kappa shape index (κ3) is 3.47. The second-order valence-electron chi connectivity index (χ2n) is 4.05. The zero-order valence-corrected chi connectivity index (χ0v) is 11.0. The molecule has 1 rings (SSSR count). The first-order valence-electron chi connectivity index (χ1n) is 4.53. The quantitative estimate of drug-likeness (QED) is 0.408. The lowest BCUT2D eigenvalue weighted by atomic mass is 10.1. The van der Waals surface area contributed by atoms with Gasteiger partial charge in [0.1, 0.15) is 0 Å². The van der Waals surface area contributed by atoms with Crippen molar-refractivity contribution >= 4 is 30.9 Å². The van der Waals surface area contributed by atoms with E-state index in [1.165, 1.54) is 23.3 Å². The molecule has 0 spiro atoms. The van der Waals surface area contributed by atoms with E-state index in [1.54, 1.807) is 0 Å². The van der Waals surface area contributed by atoms with Crippen LogP contribution in [0.5, 0.6) is 0 Å². The molecule has 1 nitrogen and oxygen atoms in total. The Hall–Kier alpha value is 0.487. The first kappa shape index (κ1) is 10.6. The van der Waals surface area contributed by atoms with Gasteiger partial charge in [-0.1, -0.05) is 28.7 Å². The predicted octanol–water partition coefficient (Wildman–Crippen LogP) is 3.57. The standard InChI is InChI=1S/C9H17IOSi/c1-12(2)8-9(7-10)5-3-4-6-11-12/h4,6,9H,3,5,7-8H2,1-2H3/b6-4-. The molecule has 0 saturated heterocycles. The van der Waals surface area contributed by atoms with Crippen LogP contribution >= 0.6 is 22.6 Å². The van der Waals surface area contributed by atoms with Gasteiger partial charge in [0.2, 0.25) is 8.32 Å². The van der Waals surface area contributed by atoms with Gasteiger partial charge in [0.15, 0.2) is 0 Å². The van der Waals surface area contributed by atoms with E-state index in [0.717, 1.165) is 5.92 Å². The van der Waals surface area contributed by atoms with E-state index in [2.05, 4.69) is 41.8 Å². The molecular formula is C9H17IOSi. The molecule has 1 unspecified atom stereocenters. The van der Waals surface area contributed by atoms with E-state index in [4.69, 9.17) is 4.43 Å². The average molecular weight is 296 g/mol. The molecule has 0 N–H and O–H groups in total. The highest BCUT2D eigenvalue weighted by atomic mass is 127. The summed E-state index contributed by atoms with van der Waals surface area (Å²) in [6, 6.07) is 1.32. The molecule has 0 radical (unpaired) electrons.